The molecule has 150 valence electrons. The summed E-state index contributed by atoms with van der Waals surface area (Å²) in [6.07, 6.45) is 1.53. The summed E-state index contributed by atoms with van der Waals surface area (Å²) in [6.45, 7) is 8.97. The third kappa shape index (κ3) is 6.34. The fourth-order valence-electron chi connectivity index (χ4n) is 3.16. The van der Waals surface area contributed by atoms with Gasteiger partial charge in [0.25, 0.3) is 0 Å². The lowest BCUT2D eigenvalue weighted by Crippen LogP contribution is -2.50. The molecule has 0 bridgehead atoms. The lowest BCUT2D eigenvalue weighted by Gasteiger charge is -2.32. The van der Waals surface area contributed by atoms with Crippen LogP contribution in [-0.2, 0) is 4.74 Å². The molecule has 1 saturated heterocycles. The number of carbonyl (C=O) groups is 1. The Hall–Kier alpha value is -2.44. The van der Waals surface area contributed by atoms with Crippen LogP contribution in [0.5, 0.6) is 5.75 Å². The summed E-state index contributed by atoms with van der Waals surface area (Å²) in [4.78, 5) is 17.8. The highest BCUT2D eigenvalue weighted by Gasteiger charge is 2.23. The van der Waals surface area contributed by atoms with Crippen molar-refractivity contribution in [1.29, 1.82) is 0 Å². The molecule has 1 aromatic rings. The quantitative estimate of drug-likeness (QED) is 0.453. The Morgan fingerprint density at radius 3 is 2.52 bits per heavy atom. The number of benzene rings is 1. The second-order valence-electron chi connectivity index (χ2n) is 6.67. The van der Waals surface area contributed by atoms with Gasteiger partial charge in [0.15, 0.2) is 5.96 Å². The number of hydrogen-bond acceptors (Lipinski definition) is 4. The second-order valence-corrected chi connectivity index (χ2v) is 6.67. The molecule has 7 heteroatoms. The van der Waals surface area contributed by atoms with Crippen LogP contribution in [0.15, 0.2) is 23.2 Å². The number of piperidine rings is 1. The van der Waals surface area contributed by atoms with Crippen LogP contribution in [0.3, 0.4) is 0 Å². The Bertz CT molecular complexity index is 620. The van der Waals surface area contributed by atoms with E-state index in [1.54, 1.807) is 11.9 Å². The molecule has 1 aliphatic heterocycles. The van der Waals surface area contributed by atoms with E-state index in [0.29, 0.717) is 38.9 Å². The first-order valence-electron chi connectivity index (χ1n) is 9.63. The molecule has 1 heterocycles. The largest absolute Gasteiger partial charge is 0.491 e. The van der Waals surface area contributed by atoms with E-state index in [1.807, 2.05) is 13.0 Å². The van der Waals surface area contributed by atoms with Crippen molar-refractivity contribution in [3.8, 4) is 5.75 Å². The molecule has 7 nitrogen and oxygen atoms in total. The van der Waals surface area contributed by atoms with Crippen molar-refractivity contribution in [2.24, 2.45) is 4.99 Å². The maximum Gasteiger partial charge on any atom is 0.409 e. The zero-order valence-electron chi connectivity index (χ0n) is 16.9. The van der Waals surface area contributed by atoms with Crippen molar-refractivity contribution in [2.45, 2.75) is 39.7 Å². The van der Waals surface area contributed by atoms with E-state index in [4.69, 9.17) is 9.47 Å². The van der Waals surface area contributed by atoms with Crippen molar-refractivity contribution < 1.29 is 14.3 Å². The van der Waals surface area contributed by atoms with Crippen LogP contribution >= 0.6 is 0 Å². The molecule has 1 fully saturated rings. The van der Waals surface area contributed by atoms with Gasteiger partial charge in [0, 0.05) is 26.2 Å². The molecule has 0 aliphatic carbocycles. The lowest BCUT2D eigenvalue weighted by atomic mass is 10.1. The van der Waals surface area contributed by atoms with Crippen LogP contribution in [-0.4, -0.2) is 62.9 Å². The Morgan fingerprint density at radius 1 is 1.26 bits per heavy atom. The van der Waals surface area contributed by atoms with Crippen molar-refractivity contribution in [3.05, 3.63) is 29.3 Å². The van der Waals surface area contributed by atoms with Crippen LogP contribution in [0.4, 0.5) is 4.79 Å². The Morgan fingerprint density at radius 2 is 1.93 bits per heavy atom. The highest BCUT2D eigenvalue weighted by Crippen LogP contribution is 2.21. The van der Waals surface area contributed by atoms with Gasteiger partial charge < -0.3 is 25.0 Å². The average Bonchev–Trinajstić information content (AvgIpc) is 2.66. The summed E-state index contributed by atoms with van der Waals surface area (Å²) >= 11 is 0. The number of hydrogen-bond donors (Lipinski definition) is 2. The Labute approximate surface area is 162 Å². The summed E-state index contributed by atoms with van der Waals surface area (Å²) < 4.78 is 11.0. The van der Waals surface area contributed by atoms with Gasteiger partial charge in [-0.2, -0.15) is 0 Å². The predicted octanol–water partition coefficient (Wildman–Crippen LogP) is 2.47. The second kappa shape index (κ2) is 10.6. The van der Waals surface area contributed by atoms with Gasteiger partial charge in [0.2, 0.25) is 0 Å². The minimum atomic E-state index is -0.220. The van der Waals surface area contributed by atoms with Crippen molar-refractivity contribution in [1.82, 2.24) is 15.5 Å². The molecule has 1 aromatic carbocycles. The standard InChI is InChI=1S/C20H32N4O3/c1-5-26-20(25)24-12-9-17(10-13-24)23-19(21-4)22-11-14-27-18-15(2)7-6-8-16(18)3/h6-8,17H,5,9-14H2,1-4H3,(H2,21,22,23). The van der Waals surface area contributed by atoms with E-state index in [2.05, 4.69) is 41.6 Å². The number of likely N-dealkylation sites (tertiary alicyclic amines) is 1. The molecule has 0 aromatic heterocycles. The van der Waals surface area contributed by atoms with E-state index in [0.717, 1.165) is 35.7 Å². The molecular weight excluding hydrogens is 344 g/mol. The molecule has 27 heavy (non-hydrogen) atoms. The summed E-state index contributed by atoms with van der Waals surface area (Å²) in [5.74, 6) is 1.71. The maximum absolute atomic E-state index is 11.8. The highest BCUT2D eigenvalue weighted by molar-refractivity contribution is 5.80. The van der Waals surface area contributed by atoms with Gasteiger partial charge >= 0.3 is 6.09 Å². The molecular formula is C20H32N4O3. The first kappa shape index (κ1) is 20.9. The van der Waals surface area contributed by atoms with Gasteiger partial charge in [0.05, 0.1) is 13.2 Å². The molecule has 2 N–H and O–H groups in total. The highest BCUT2D eigenvalue weighted by atomic mass is 16.6. The van der Waals surface area contributed by atoms with Crippen LogP contribution in [0.2, 0.25) is 0 Å². The van der Waals surface area contributed by atoms with Crippen molar-refractivity contribution in [3.63, 3.8) is 0 Å². The number of rotatable bonds is 6. The summed E-state index contributed by atoms with van der Waals surface area (Å²) in [7, 11) is 1.76. The number of aliphatic imine (C=N–C) groups is 1. The molecule has 0 atom stereocenters. The number of aryl methyl sites for hydroxylation is 2. The molecule has 2 rings (SSSR count). The van der Waals surface area contributed by atoms with Gasteiger partial charge in [0.1, 0.15) is 12.4 Å². The SMILES string of the molecule is CCOC(=O)N1CCC(NC(=NC)NCCOc2c(C)cccc2C)CC1. The minimum absolute atomic E-state index is 0.220. The van der Waals surface area contributed by atoms with Gasteiger partial charge in [-0.05, 0) is 44.7 Å². The number of amides is 1. The van der Waals surface area contributed by atoms with Crippen molar-refractivity contribution in [2.75, 3.05) is 39.9 Å². The van der Waals surface area contributed by atoms with Crippen LogP contribution in [0.25, 0.3) is 0 Å². The van der Waals surface area contributed by atoms with E-state index < -0.39 is 0 Å². The van der Waals surface area contributed by atoms with E-state index in [9.17, 15) is 4.79 Å². The molecule has 0 radical (unpaired) electrons. The third-order valence-electron chi connectivity index (χ3n) is 4.64. The van der Waals surface area contributed by atoms with Crippen LogP contribution in [0, 0.1) is 13.8 Å². The van der Waals surface area contributed by atoms with Gasteiger partial charge in [-0.1, -0.05) is 18.2 Å². The maximum atomic E-state index is 11.8. The summed E-state index contributed by atoms with van der Waals surface area (Å²) in [5, 5.41) is 6.71. The topological polar surface area (TPSA) is 75.2 Å². The zero-order valence-corrected chi connectivity index (χ0v) is 16.9. The number of para-hydroxylation sites is 1. The molecule has 0 unspecified atom stereocenters. The fourth-order valence-corrected chi connectivity index (χ4v) is 3.16. The number of guanidine groups is 1. The molecule has 1 aliphatic rings. The Kier molecular flexibility index (Phi) is 8.23. The first-order chi connectivity index (χ1) is 13.0. The average molecular weight is 377 g/mol. The normalized spacial score (nSPS) is 15.4. The number of nitrogens with zero attached hydrogens (tertiary/aromatic N) is 2. The number of ether oxygens (including phenoxy) is 2. The summed E-state index contributed by atoms with van der Waals surface area (Å²) in [6, 6.07) is 6.44. The van der Waals surface area contributed by atoms with Crippen LogP contribution in [0.1, 0.15) is 30.9 Å². The van der Waals surface area contributed by atoms with E-state index in [-0.39, 0.29) is 6.09 Å². The number of nitrogens with one attached hydrogen (secondary N) is 2. The molecule has 0 spiro atoms. The third-order valence-corrected chi connectivity index (χ3v) is 4.64. The van der Waals surface area contributed by atoms with Crippen LogP contribution < -0.4 is 15.4 Å². The monoisotopic (exact) mass is 376 g/mol. The lowest BCUT2D eigenvalue weighted by molar-refractivity contribution is 0.0963. The van der Waals surface area contributed by atoms with E-state index in [1.165, 1.54) is 0 Å². The zero-order chi connectivity index (χ0) is 19.6. The van der Waals surface area contributed by atoms with Crippen molar-refractivity contribution >= 4 is 12.1 Å². The van der Waals surface area contributed by atoms with Gasteiger partial charge in [-0.3, -0.25) is 4.99 Å². The fraction of sp³-hybridized carbons (Fsp3) is 0.600. The first-order valence-corrected chi connectivity index (χ1v) is 9.63. The molecule has 1 amide bonds. The minimum Gasteiger partial charge on any atom is -0.491 e. The number of carbonyl (C=O) groups excluding carboxylic acids is 1. The smallest absolute Gasteiger partial charge is 0.409 e. The van der Waals surface area contributed by atoms with Gasteiger partial charge in [-0.15, -0.1) is 0 Å². The summed E-state index contributed by atoms with van der Waals surface area (Å²) in [5.41, 5.74) is 2.29. The predicted molar refractivity (Wildman–Crippen MR) is 108 cm³/mol. The molecule has 0 saturated carbocycles. The Balaban J connectivity index is 1.70. The van der Waals surface area contributed by atoms with E-state index >= 15 is 0 Å². The van der Waals surface area contributed by atoms with Gasteiger partial charge in [-0.25, -0.2) is 4.79 Å².